The highest BCUT2D eigenvalue weighted by molar-refractivity contribution is 8.03. The van der Waals surface area contributed by atoms with Crippen LogP contribution in [0.5, 0.6) is 0 Å². The van der Waals surface area contributed by atoms with Crippen molar-refractivity contribution in [1.29, 1.82) is 0 Å². The molecule has 11 nitrogen and oxygen atoms in total. The first kappa shape index (κ1) is 22.9. The van der Waals surface area contributed by atoms with Gasteiger partial charge in [-0.15, -0.1) is 6.58 Å². The summed E-state index contributed by atoms with van der Waals surface area (Å²) >= 11 is 1.25. The van der Waals surface area contributed by atoms with Gasteiger partial charge in [0.2, 0.25) is 0 Å². The minimum Gasteiger partial charge on any atom is -0.444 e. The Morgan fingerprint density at radius 3 is 2.91 bits per heavy atom. The Morgan fingerprint density at radius 2 is 2.18 bits per heavy atom. The molecule has 0 radical (unpaired) electrons. The lowest BCUT2D eigenvalue weighted by Gasteiger charge is -2.24. The van der Waals surface area contributed by atoms with E-state index in [1.165, 1.54) is 16.8 Å². The zero-order chi connectivity index (χ0) is 23.8. The Morgan fingerprint density at radius 1 is 1.39 bits per heavy atom. The average Bonchev–Trinajstić information content (AvgIpc) is 3.45. The number of amides is 4. The summed E-state index contributed by atoms with van der Waals surface area (Å²) in [5, 5.41) is 9.29. The number of rotatable bonds is 6. The molecule has 1 saturated heterocycles. The maximum atomic E-state index is 12.7. The minimum atomic E-state index is -0.796. The van der Waals surface area contributed by atoms with Crippen LogP contribution in [-0.2, 0) is 14.4 Å². The second kappa shape index (κ2) is 8.94. The number of thioether (sulfide) groups is 1. The number of nitrogens with zero attached hydrogens (tertiary/aromatic N) is 5. The highest BCUT2D eigenvalue weighted by Crippen LogP contribution is 2.31. The van der Waals surface area contributed by atoms with Gasteiger partial charge in [0.05, 0.1) is 24.9 Å². The van der Waals surface area contributed by atoms with Gasteiger partial charge in [0.15, 0.2) is 11.2 Å². The predicted octanol–water partition coefficient (Wildman–Crippen LogP) is 2.36. The molecule has 2 atom stereocenters. The van der Waals surface area contributed by atoms with E-state index in [1.807, 2.05) is 6.08 Å². The molecule has 1 fully saturated rings. The van der Waals surface area contributed by atoms with Crippen molar-refractivity contribution in [3.63, 3.8) is 0 Å². The molecule has 1 N–H and O–H groups in total. The maximum Gasteiger partial charge on any atom is 0.414 e. The fraction of sp³-hybridized carbons (Fsp3) is 0.429. The minimum absolute atomic E-state index is 0.196. The molecule has 4 heterocycles. The molecule has 4 rings (SSSR count). The highest BCUT2D eigenvalue weighted by atomic mass is 32.2. The number of fused-ring (bicyclic) bond motifs is 2. The molecule has 12 heteroatoms. The number of ether oxygens (including phenoxy) is 1. The molecule has 0 spiro atoms. The topological polar surface area (TPSA) is 109 Å². The molecule has 3 aliphatic rings. The summed E-state index contributed by atoms with van der Waals surface area (Å²) < 4.78 is 6.84. The highest BCUT2D eigenvalue weighted by Gasteiger charge is 2.41. The third-order valence-electron chi connectivity index (χ3n) is 4.90. The Balaban J connectivity index is 1.45. The van der Waals surface area contributed by atoms with E-state index in [9.17, 15) is 14.4 Å². The van der Waals surface area contributed by atoms with Crippen molar-refractivity contribution in [1.82, 2.24) is 25.1 Å². The van der Waals surface area contributed by atoms with E-state index in [2.05, 4.69) is 17.0 Å². The number of hydrogen-bond acceptors (Lipinski definition) is 8. The Labute approximate surface area is 195 Å². The number of hydroxylamine groups is 2. The fourth-order valence-corrected chi connectivity index (χ4v) is 4.44. The van der Waals surface area contributed by atoms with Crippen LogP contribution in [0.1, 0.15) is 20.8 Å². The molecular formula is C21H26N6O5S. The van der Waals surface area contributed by atoms with Crippen molar-refractivity contribution in [2.75, 3.05) is 24.6 Å². The second-order valence-electron chi connectivity index (χ2n) is 8.59. The van der Waals surface area contributed by atoms with E-state index in [1.54, 1.807) is 65.2 Å². The largest absolute Gasteiger partial charge is 0.444 e. The number of alkyl carbamates (subject to hydrolysis) is 1. The Hall–Kier alpha value is -3.25. The monoisotopic (exact) mass is 474 g/mol. The number of imide groups is 1. The van der Waals surface area contributed by atoms with Gasteiger partial charge < -0.3 is 14.5 Å². The summed E-state index contributed by atoms with van der Waals surface area (Å²) in [7, 11) is 0. The molecule has 0 saturated carbocycles. The van der Waals surface area contributed by atoms with Crippen LogP contribution in [0.2, 0.25) is 0 Å². The molecule has 1 aromatic rings. The van der Waals surface area contributed by atoms with Crippen molar-refractivity contribution in [2.24, 2.45) is 0 Å². The third-order valence-corrected chi connectivity index (χ3v) is 5.88. The van der Waals surface area contributed by atoms with Crippen LogP contribution < -0.4 is 10.2 Å². The van der Waals surface area contributed by atoms with Crippen molar-refractivity contribution in [3.8, 4) is 0 Å². The molecular weight excluding hydrogens is 448 g/mol. The van der Waals surface area contributed by atoms with Gasteiger partial charge in [0, 0.05) is 25.0 Å². The Bertz CT molecular complexity index is 1030. The molecule has 2 unspecified atom stereocenters. The molecule has 0 aromatic carbocycles. The summed E-state index contributed by atoms with van der Waals surface area (Å²) in [6, 6.07) is 1.35. The van der Waals surface area contributed by atoms with Gasteiger partial charge in [0.1, 0.15) is 5.60 Å². The average molecular weight is 475 g/mol. The van der Waals surface area contributed by atoms with E-state index in [4.69, 9.17) is 9.57 Å². The van der Waals surface area contributed by atoms with Crippen LogP contribution in [0.4, 0.5) is 15.4 Å². The SMILES string of the molecule is C=CCON1C(=O)N2CC(n3ccc(N4C=CSC4C(=O)NC(=O)OC(C)(C)C)n3)=CC1C2. The van der Waals surface area contributed by atoms with Crippen molar-refractivity contribution in [3.05, 3.63) is 42.6 Å². The number of aromatic nitrogens is 2. The van der Waals surface area contributed by atoms with E-state index in [0.717, 1.165) is 5.70 Å². The van der Waals surface area contributed by atoms with E-state index < -0.39 is 23.0 Å². The van der Waals surface area contributed by atoms with Gasteiger partial charge in [-0.05, 0) is 32.3 Å². The van der Waals surface area contributed by atoms with Gasteiger partial charge >= 0.3 is 12.1 Å². The zero-order valence-electron chi connectivity index (χ0n) is 18.6. The standard InChI is InChI=1S/C21H26N6O5S/c1-5-9-31-27-15-11-14(12-24(13-15)20(27)30)26-7-6-16(23-26)25-8-10-33-18(25)17(28)22-19(29)32-21(2,3)4/h5-8,10-11,15,18H,1,9,12-13H2,2-4H3,(H,22,28,29). The van der Waals surface area contributed by atoms with Crippen LogP contribution in [0.3, 0.4) is 0 Å². The molecule has 3 aliphatic heterocycles. The van der Waals surface area contributed by atoms with Crippen molar-refractivity contribution in [2.45, 2.75) is 37.8 Å². The summed E-state index contributed by atoms with van der Waals surface area (Å²) in [6.07, 6.45) is 6.24. The summed E-state index contributed by atoms with van der Waals surface area (Å²) in [6.45, 7) is 9.97. The number of carbonyl (C=O) groups excluding carboxylic acids is 3. The maximum absolute atomic E-state index is 12.7. The van der Waals surface area contributed by atoms with E-state index in [0.29, 0.717) is 18.9 Å². The molecule has 176 valence electrons. The number of carbonyl (C=O) groups is 3. The van der Waals surface area contributed by atoms with Crippen LogP contribution in [0, 0.1) is 0 Å². The molecule has 0 aliphatic carbocycles. The number of nitrogens with one attached hydrogen (secondary N) is 1. The van der Waals surface area contributed by atoms with Crippen molar-refractivity contribution < 1.29 is 24.0 Å². The molecule has 33 heavy (non-hydrogen) atoms. The predicted molar refractivity (Wildman–Crippen MR) is 123 cm³/mol. The van der Waals surface area contributed by atoms with Crippen LogP contribution in [0.15, 0.2) is 42.6 Å². The van der Waals surface area contributed by atoms with Gasteiger partial charge in [-0.1, -0.05) is 17.8 Å². The second-order valence-corrected chi connectivity index (χ2v) is 9.58. The van der Waals surface area contributed by atoms with E-state index >= 15 is 0 Å². The fourth-order valence-electron chi connectivity index (χ4n) is 3.60. The lowest BCUT2D eigenvalue weighted by Crippen LogP contribution is -2.45. The van der Waals surface area contributed by atoms with E-state index in [-0.39, 0.29) is 18.7 Å². The molecule has 4 amide bonds. The lowest BCUT2D eigenvalue weighted by atomic mass is 10.2. The number of anilines is 1. The summed E-state index contributed by atoms with van der Waals surface area (Å²) in [5.41, 5.74) is 0.113. The number of hydrogen-bond donors (Lipinski definition) is 1. The van der Waals surface area contributed by atoms with Crippen molar-refractivity contribution >= 4 is 41.3 Å². The quantitative estimate of drug-likeness (QED) is 0.626. The zero-order valence-corrected chi connectivity index (χ0v) is 19.4. The Kier molecular flexibility index (Phi) is 6.21. The van der Waals surface area contributed by atoms with Gasteiger partial charge in [-0.2, -0.15) is 10.2 Å². The first-order valence-electron chi connectivity index (χ1n) is 10.4. The molecule has 2 bridgehead atoms. The van der Waals surface area contributed by atoms with Crippen LogP contribution >= 0.6 is 11.8 Å². The lowest BCUT2D eigenvalue weighted by molar-refractivity contribution is -0.120. The van der Waals surface area contributed by atoms with Gasteiger partial charge in [-0.3, -0.25) is 14.9 Å². The van der Waals surface area contributed by atoms with Gasteiger partial charge in [-0.25, -0.2) is 14.3 Å². The molecule has 1 aromatic heterocycles. The summed E-state index contributed by atoms with van der Waals surface area (Å²) in [5.74, 6) is 0.0240. The normalized spacial score (nSPS) is 22.0. The smallest absolute Gasteiger partial charge is 0.414 e. The third kappa shape index (κ3) is 4.91. The summed E-state index contributed by atoms with van der Waals surface area (Å²) in [4.78, 5) is 46.0. The van der Waals surface area contributed by atoms with Gasteiger partial charge in [0.25, 0.3) is 5.91 Å². The van der Waals surface area contributed by atoms with Crippen LogP contribution in [0.25, 0.3) is 5.70 Å². The number of urea groups is 1. The first-order valence-corrected chi connectivity index (χ1v) is 11.3. The first-order chi connectivity index (χ1) is 15.7. The van der Waals surface area contributed by atoms with Crippen LogP contribution in [-0.4, -0.2) is 74.5 Å².